The van der Waals surface area contributed by atoms with E-state index in [-0.39, 0.29) is 18.4 Å². The first-order valence-electron chi connectivity index (χ1n) is 8.03. The minimum atomic E-state index is -0.184. The standard InChI is InChI=1S/C19H22N2O3S/c1-15(22)21-17-9-5-6-10-18(17)24-13-19(23)20-11-12-25-14-16-7-3-2-4-8-16/h2-10H,11-14H2,1H3,(H,20,23)(H,21,22). The molecule has 2 aromatic rings. The molecule has 0 heterocycles. The second-order valence-corrected chi connectivity index (χ2v) is 6.46. The number of anilines is 1. The number of ether oxygens (including phenoxy) is 1. The number of thioether (sulfide) groups is 1. The van der Waals surface area contributed by atoms with Crippen LogP contribution in [0.15, 0.2) is 54.6 Å². The summed E-state index contributed by atoms with van der Waals surface area (Å²) in [6.07, 6.45) is 0. The van der Waals surface area contributed by atoms with Crippen molar-refractivity contribution in [2.75, 3.05) is 24.2 Å². The molecule has 0 aromatic heterocycles. The topological polar surface area (TPSA) is 67.4 Å². The summed E-state index contributed by atoms with van der Waals surface area (Å²) >= 11 is 1.77. The van der Waals surface area contributed by atoms with Gasteiger partial charge in [0.05, 0.1) is 5.69 Å². The zero-order chi connectivity index (χ0) is 17.9. The van der Waals surface area contributed by atoms with Gasteiger partial charge in [-0.1, -0.05) is 42.5 Å². The summed E-state index contributed by atoms with van der Waals surface area (Å²) in [6, 6.07) is 17.3. The molecule has 0 aliphatic carbocycles. The van der Waals surface area contributed by atoms with Crippen LogP contribution >= 0.6 is 11.8 Å². The smallest absolute Gasteiger partial charge is 0.257 e. The van der Waals surface area contributed by atoms with Gasteiger partial charge in [0.25, 0.3) is 5.91 Å². The fourth-order valence-electron chi connectivity index (χ4n) is 2.11. The van der Waals surface area contributed by atoms with E-state index < -0.39 is 0 Å². The summed E-state index contributed by atoms with van der Waals surface area (Å²) < 4.78 is 5.49. The van der Waals surface area contributed by atoms with E-state index in [1.165, 1.54) is 12.5 Å². The number of nitrogens with one attached hydrogen (secondary N) is 2. The van der Waals surface area contributed by atoms with Gasteiger partial charge in [-0.3, -0.25) is 9.59 Å². The highest BCUT2D eigenvalue weighted by Crippen LogP contribution is 2.23. The molecule has 0 atom stereocenters. The lowest BCUT2D eigenvalue weighted by Gasteiger charge is -2.11. The van der Waals surface area contributed by atoms with Crippen LogP contribution in [0.1, 0.15) is 12.5 Å². The number of para-hydroxylation sites is 2. The Labute approximate surface area is 152 Å². The Balaban J connectivity index is 1.65. The average molecular weight is 358 g/mol. The Bertz CT molecular complexity index is 692. The number of hydrogen-bond acceptors (Lipinski definition) is 4. The second kappa shape index (κ2) is 10.4. The summed E-state index contributed by atoms with van der Waals surface area (Å²) in [6.45, 7) is 1.93. The van der Waals surface area contributed by atoms with Crippen LogP contribution in [0.25, 0.3) is 0 Å². The first-order chi connectivity index (χ1) is 12.1. The van der Waals surface area contributed by atoms with Crippen LogP contribution in [0, 0.1) is 0 Å². The molecule has 0 aliphatic rings. The Morgan fingerprint density at radius 1 is 1.04 bits per heavy atom. The number of rotatable bonds is 9. The Kier molecular flexibility index (Phi) is 7.85. The molecule has 25 heavy (non-hydrogen) atoms. The van der Waals surface area contributed by atoms with Crippen LogP contribution in [-0.2, 0) is 15.3 Å². The molecular formula is C19H22N2O3S. The molecule has 2 N–H and O–H groups in total. The Morgan fingerprint density at radius 2 is 1.76 bits per heavy atom. The lowest BCUT2D eigenvalue weighted by molar-refractivity contribution is -0.122. The highest BCUT2D eigenvalue weighted by molar-refractivity contribution is 7.98. The van der Waals surface area contributed by atoms with E-state index in [9.17, 15) is 9.59 Å². The van der Waals surface area contributed by atoms with Gasteiger partial charge in [-0.25, -0.2) is 0 Å². The van der Waals surface area contributed by atoms with E-state index in [1.807, 2.05) is 18.2 Å². The second-order valence-electron chi connectivity index (χ2n) is 5.35. The normalized spacial score (nSPS) is 10.1. The molecule has 2 aromatic carbocycles. The van der Waals surface area contributed by atoms with Crippen LogP contribution in [-0.4, -0.2) is 30.7 Å². The molecule has 0 bridgehead atoms. The van der Waals surface area contributed by atoms with Crippen LogP contribution < -0.4 is 15.4 Å². The van der Waals surface area contributed by atoms with Gasteiger partial charge in [0.15, 0.2) is 6.61 Å². The van der Waals surface area contributed by atoms with Crippen molar-refractivity contribution in [2.45, 2.75) is 12.7 Å². The lowest BCUT2D eigenvalue weighted by atomic mass is 10.2. The third-order valence-electron chi connectivity index (χ3n) is 3.24. The minimum Gasteiger partial charge on any atom is -0.482 e. The monoisotopic (exact) mass is 358 g/mol. The van der Waals surface area contributed by atoms with Crippen molar-refractivity contribution in [1.29, 1.82) is 0 Å². The fraction of sp³-hybridized carbons (Fsp3) is 0.263. The van der Waals surface area contributed by atoms with Crippen molar-refractivity contribution in [3.05, 3.63) is 60.2 Å². The molecule has 0 aliphatic heterocycles. The minimum absolute atomic E-state index is 0.0834. The van der Waals surface area contributed by atoms with Gasteiger partial charge < -0.3 is 15.4 Å². The largest absolute Gasteiger partial charge is 0.482 e. The summed E-state index contributed by atoms with van der Waals surface area (Å²) in [5, 5.41) is 5.50. The van der Waals surface area contributed by atoms with E-state index in [4.69, 9.17) is 4.74 Å². The molecule has 0 saturated heterocycles. The molecule has 0 fully saturated rings. The predicted molar refractivity (Wildman–Crippen MR) is 102 cm³/mol. The third-order valence-corrected chi connectivity index (χ3v) is 4.27. The molecule has 5 nitrogen and oxygen atoms in total. The first kappa shape index (κ1) is 18.9. The third kappa shape index (κ3) is 7.30. The van der Waals surface area contributed by atoms with Crippen LogP contribution in [0.2, 0.25) is 0 Å². The molecule has 0 radical (unpaired) electrons. The van der Waals surface area contributed by atoms with Crippen LogP contribution in [0.5, 0.6) is 5.75 Å². The number of carbonyl (C=O) groups excluding carboxylic acids is 2. The number of hydrogen-bond donors (Lipinski definition) is 2. The zero-order valence-corrected chi connectivity index (χ0v) is 15.0. The summed E-state index contributed by atoms with van der Waals surface area (Å²) in [4.78, 5) is 23.0. The summed E-state index contributed by atoms with van der Waals surface area (Å²) in [5.74, 6) is 1.88. The number of amides is 2. The van der Waals surface area contributed by atoms with Crippen LogP contribution in [0.3, 0.4) is 0 Å². The predicted octanol–water partition coefficient (Wildman–Crippen LogP) is 3.07. The highest BCUT2D eigenvalue weighted by atomic mass is 32.2. The SMILES string of the molecule is CC(=O)Nc1ccccc1OCC(=O)NCCSCc1ccccc1. The summed E-state index contributed by atoms with van der Waals surface area (Å²) in [7, 11) is 0. The zero-order valence-electron chi connectivity index (χ0n) is 14.2. The summed E-state index contributed by atoms with van der Waals surface area (Å²) in [5.41, 5.74) is 1.83. The molecule has 0 spiro atoms. The quantitative estimate of drug-likeness (QED) is 0.676. The van der Waals surface area contributed by atoms with E-state index in [0.29, 0.717) is 18.0 Å². The molecule has 132 valence electrons. The molecule has 2 amide bonds. The molecular weight excluding hydrogens is 336 g/mol. The molecule has 0 unspecified atom stereocenters. The number of carbonyl (C=O) groups is 2. The average Bonchev–Trinajstić information content (AvgIpc) is 2.61. The van der Waals surface area contributed by atoms with E-state index in [1.54, 1.807) is 36.0 Å². The first-order valence-corrected chi connectivity index (χ1v) is 9.18. The Hall–Kier alpha value is -2.47. The van der Waals surface area contributed by atoms with Gasteiger partial charge in [-0.15, -0.1) is 0 Å². The number of benzene rings is 2. The van der Waals surface area contributed by atoms with Crippen molar-refractivity contribution >= 4 is 29.3 Å². The van der Waals surface area contributed by atoms with Gasteiger partial charge in [0, 0.05) is 25.0 Å². The lowest BCUT2D eigenvalue weighted by Crippen LogP contribution is -2.30. The van der Waals surface area contributed by atoms with Gasteiger partial charge in [-0.2, -0.15) is 11.8 Å². The van der Waals surface area contributed by atoms with E-state index in [0.717, 1.165) is 11.5 Å². The molecule has 6 heteroatoms. The van der Waals surface area contributed by atoms with Gasteiger partial charge in [0.2, 0.25) is 5.91 Å². The van der Waals surface area contributed by atoms with E-state index in [2.05, 4.69) is 22.8 Å². The van der Waals surface area contributed by atoms with Gasteiger partial charge in [-0.05, 0) is 17.7 Å². The molecule has 0 saturated carbocycles. The maximum atomic E-state index is 11.9. The van der Waals surface area contributed by atoms with Crippen LogP contribution in [0.4, 0.5) is 5.69 Å². The maximum Gasteiger partial charge on any atom is 0.257 e. The van der Waals surface area contributed by atoms with Crippen molar-refractivity contribution in [3.63, 3.8) is 0 Å². The highest BCUT2D eigenvalue weighted by Gasteiger charge is 2.07. The fourth-order valence-corrected chi connectivity index (χ4v) is 2.93. The van der Waals surface area contributed by atoms with E-state index >= 15 is 0 Å². The van der Waals surface area contributed by atoms with Crippen molar-refractivity contribution in [3.8, 4) is 5.75 Å². The van der Waals surface area contributed by atoms with Crippen molar-refractivity contribution in [2.24, 2.45) is 0 Å². The van der Waals surface area contributed by atoms with Crippen molar-refractivity contribution in [1.82, 2.24) is 5.32 Å². The van der Waals surface area contributed by atoms with Crippen molar-refractivity contribution < 1.29 is 14.3 Å². The Morgan fingerprint density at radius 3 is 2.52 bits per heavy atom. The van der Waals surface area contributed by atoms with Gasteiger partial charge in [0.1, 0.15) is 5.75 Å². The van der Waals surface area contributed by atoms with Gasteiger partial charge >= 0.3 is 0 Å². The maximum absolute atomic E-state index is 11.9. The molecule has 2 rings (SSSR count).